The Morgan fingerprint density at radius 2 is 1.04 bits per heavy atom. The van der Waals surface area contributed by atoms with Crippen LogP contribution in [0.25, 0.3) is 0 Å². The maximum Gasteiger partial charge on any atom is 0.193 e. The Hall–Kier alpha value is -0.440. The molecule has 0 atom stereocenters. The van der Waals surface area contributed by atoms with Gasteiger partial charge in [-0.05, 0) is 12.8 Å². The van der Waals surface area contributed by atoms with E-state index in [2.05, 4.69) is 23.6 Å². The number of hydrogen-bond acceptors (Lipinski definition) is 1. The monoisotopic (exact) mass is 345 g/mol. The first-order valence-corrected chi connectivity index (χ1v) is 9.88. The molecule has 1 aliphatic heterocycles. The number of hydrogen-bond donors (Lipinski definition) is 1. The summed E-state index contributed by atoms with van der Waals surface area (Å²) in [4.78, 5) is 4.53. The van der Waals surface area contributed by atoms with Gasteiger partial charge in [-0.2, -0.15) is 0 Å². The van der Waals surface area contributed by atoms with E-state index < -0.39 is 0 Å². The van der Waals surface area contributed by atoms with Crippen LogP contribution in [0.3, 0.4) is 0 Å². The van der Waals surface area contributed by atoms with Gasteiger partial charge in [0.25, 0.3) is 0 Å². The molecule has 0 aromatic carbocycles. The lowest BCUT2D eigenvalue weighted by Crippen LogP contribution is -2.33. The Kier molecular flexibility index (Phi) is 14.8. The van der Waals surface area contributed by atoms with Crippen LogP contribution in [-0.4, -0.2) is 41.9 Å². The van der Waals surface area contributed by atoms with Crippen molar-refractivity contribution in [2.45, 2.75) is 90.9 Å². The molecular formula is C19H40ClN3. The van der Waals surface area contributed by atoms with Crippen LogP contribution in [0.4, 0.5) is 0 Å². The predicted octanol–water partition coefficient (Wildman–Crippen LogP) is 5.68. The molecule has 23 heavy (non-hydrogen) atoms. The molecule has 0 aromatic heterocycles. The van der Waals surface area contributed by atoms with Crippen molar-refractivity contribution in [1.29, 1.82) is 5.41 Å². The number of nitrogens with one attached hydrogen (secondary N) is 1. The first kappa shape index (κ1) is 22.6. The molecule has 0 spiro atoms. The molecule has 4 heteroatoms. The second-order valence-corrected chi connectivity index (χ2v) is 6.83. The van der Waals surface area contributed by atoms with Crippen molar-refractivity contribution in [3.8, 4) is 0 Å². The number of halogens is 1. The fraction of sp³-hybridized carbons (Fsp3) is 0.947. The maximum atomic E-state index is 8.22. The van der Waals surface area contributed by atoms with Crippen molar-refractivity contribution in [2.75, 3.05) is 26.2 Å². The Morgan fingerprint density at radius 1 is 0.652 bits per heavy atom. The van der Waals surface area contributed by atoms with Gasteiger partial charge in [0.1, 0.15) is 0 Å². The highest BCUT2D eigenvalue weighted by molar-refractivity contribution is 5.85. The second kappa shape index (κ2) is 15.1. The molecule has 1 rings (SSSR count). The van der Waals surface area contributed by atoms with Gasteiger partial charge in [-0.3, -0.25) is 5.41 Å². The molecule has 0 aliphatic carbocycles. The number of nitrogens with zero attached hydrogens (tertiary/aromatic N) is 2. The first-order chi connectivity index (χ1) is 10.8. The van der Waals surface area contributed by atoms with Crippen molar-refractivity contribution in [3.05, 3.63) is 0 Å². The van der Waals surface area contributed by atoms with Crippen LogP contribution < -0.4 is 0 Å². The Balaban J connectivity index is 0.00000484. The average molecular weight is 346 g/mol. The third-order valence-electron chi connectivity index (χ3n) is 4.80. The molecule has 0 bridgehead atoms. The SMILES string of the molecule is CCCCCCCCCCCCN1CCN(CCCC)C1=N.Cl. The summed E-state index contributed by atoms with van der Waals surface area (Å²) in [5.74, 6) is 0.782. The van der Waals surface area contributed by atoms with Crippen molar-refractivity contribution in [3.63, 3.8) is 0 Å². The number of guanidine groups is 1. The van der Waals surface area contributed by atoms with E-state index in [9.17, 15) is 0 Å². The van der Waals surface area contributed by atoms with Gasteiger partial charge in [0, 0.05) is 26.2 Å². The Labute approximate surface area is 151 Å². The summed E-state index contributed by atoms with van der Waals surface area (Å²) >= 11 is 0. The lowest BCUT2D eigenvalue weighted by Gasteiger charge is -2.21. The van der Waals surface area contributed by atoms with Gasteiger partial charge < -0.3 is 9.80 Å². The number of rotatable bonds is 14. The summed E-state index contributed by atoms with van der Waals surface area (Å²) in [6.07, 6.45) is 16.3. The van der Waals surface area contributed by atoms with Crippen LogP contribution in [0.1, 0.15) is 90.9 Å². The molecule has 0 unspecified atom stereocenters. The van der Waals surface area contributed by atoms with Gasteiger partial charge in [-0.25, -0.2) is 0 Å². The Bertz CT molecular complexity index is 284. The average Bonchev–Trinajstić information content (AvgIpc) is 2.87. The molecule has 1 heterocycles. The van der Waals surface area contributed by atoms with Crippen LogP contribution >= 0.6 is 12.4 Å². The molecule has 0 amide bonds. The first-order valence-electron chi connectivity index (χ1n) is 9.88. The van der Waals surface area contributed by atoms with Crippen molar-refractivity contribution in [1.82, 2.24) is 9.80 Å². The van der Waals surface area contributed by atoms with Gasteiger partial charge in [0.15, 0.2) is 5.96 Å². The van der Waals surface area contributed by atoms with Crippen molar-refractivity contribution >= 4 is 18.4 Å². The molecule has 3 nitrogen and oxygen atoms in total. The van der Waals surface area contributed by atoms with Gasteiger partial charge in [0.2, 0.25) is 0 Å². The molecule has 0 radical (unpaired) electrons. The van der Waals surface area contributed by atoms with E-state index in [0.29, 0.717) is 0 Å². The third-order valence-corrected chi connectivity index (χ3v) is 4.80. The van der Waals surface area contributed by atoms with Crippen LogP contribution in [0.2, 0.25) is 0 Å². The maximum absolute atomic E-state index is 8.22. The van der Waals surface area contributed by atoms with Gasteiger partial charge in [0.05, 0.1) is 0 Å². The quantitative estimate of drug-likeness (QED) is 0.410. The van der Waals surface area contributed by atoms with Crippen molar-refractivity contribution < 1.29 is 0 Å². The normalized spacial score (nSPS) is 14.4. The zero-order valence-electron chi connectivity index (χ0n) is 15.6. The lowest BCUT2D eigenvalue weighted by molar-refractivity contribution is 0.430. The predicted molar refractivity (Wildman–Crippen MR) is 105 cm³/mol. The molecule has 0 aromatic rings. The topological polar surface area (TPSA) is 30.3 Å². The molecule has 1 fully saturated rings. The molecule has 1 aliphatic rings. The van der Waals surface area contributed by atoms with E-state index in [1.54, 1.807) is 0 Å². The van der Waals surface area contributed by atoms with Crippen LogP contribution in [0, 0.1) is 5.41 Å². The highest BCUT2D eigenvalue weighted by Crippen LogP contribution is 2.13. The minimum absolute atomic E-state index is 0. The summed E-state index contributed by atoms with van der Waals surface area (Å²) < 4.78 is 0. The molecular weight excluding hydrogens is 306 g/mol. The summed E-state index contributed by atoms with van der Waals surface area (Å²) in [7, 11) is 0. The highest BCUT2D eigenvalue weighted by atomic mass is 35.5. The smallest absolute Gasteiger partial charge is 0.193 e. The van der Waals surface area contributed by atoms with E-state index in [-0.39, 0.29) is 12.4 Å². The summed E-state index contributed by atoms with van der Waals surface area (Å²) in [6.45, 7) is 8.81. The fourth-order valence-corrected chi connectivity index (χ4v) is 3.23. The van der Waals surface area contributed by atoms with Crippen LogP contribution in [-0.2, 0) is 0 Å². The lowest BCUT2D eigenvalue weighted by atomic mass is 10.1. The van der Waals surface area contributed by atoms with Crippen LogP contribution in [0.5, 0.6) is 0 Å². The third kappa shape index (κ3) is 10.1. The summed E-state index contributed by atoms with van der Waals surface area (Å²) in [5, 5.41) is 8.22. The van der Waals surface area contributed by atoms with Crippen molar-refractivity contribution in [2.24, 2.45) is 0 Å². The van der Waals surface area contributed by atoms with Crippen LogP contribution in [0.15, 0.2) is 0 Å². The standard InChI is InChI=1S/C19H39N3.ClH/c1-3-5-7-8-9-10-11-12-13-14-16-22-18-17-21(19(22)20)15-6-4-2;/h20H,3-18H2,1-2H3;1H. The van der Waals surface area contributed by atoms with E-state index in [1.807, 2.05) is 0 Å². The van der Waals surface area contributed by atoms with Gasteiger partial charge >= 0.3 is 0 Å². The second-order valence-electron chi connectivity index (χ2n) is 6.83. The van der Waals surface area contributed by atoms with E-state index in [0.717, 1.165) is 32.1 Å². The Morgan fingerprint density at radius 3 is 1.52 bits per heavy atom. The largest absolute Gasteiger partial charge is 0.341 e. The summed E-state index contributed by atoms with van der Waals surface area (Å²) in [5.41, 5.74) is 0. The van der Waals surface area contributed by atoms with Gasteiger partial charge in [-0.15, -0.1) is 12.4 Å². The van der Waals surface area contributed by atoms with E-state index >= 15 is 0 Å². The summed E-state index contributed by atoms with van der Waals surface area (Å²) in [6, 6.07) is 0. The molecule has 0 saturated carbocycles. The van der Waals surface area contributed by atoms with Gasteiger partial charge in [-0.1, -0.05) is 78.1 Å². The fourth-order valence-electron chi connectivity index (χ4n) is 3.23. The molecule has 1 saturated heterocycles. The number of unbranched alkanes of at least 4 members (excludes halogenated alkanes) is 10. The molecule has 138 valence electrons. The molecule has 1 N–H and O–H groups in total. The minimum Gasteiger partial charge on any atom is -0.341 e. The zero-order valence-corrected chi connectivity index (χ0v) is 16.4. The minimum atomic E-state index is 0. The van der Waals surface area contributed by atoms with E-state index in [1.165, 1.54) is 77.0 Å². The zero-order chi connectivity index (χ0) is 16.0. The van der Waals surface area contributed by atoms with E-state index in [4.69, 9.17) is 5.41 Å². The highest BCUT2D eigenvalue weighted by Gasteiger charge is 2.23.